The van der Waals surface area contributed by atoms with Crippen LogP contribution in [0.3, 0.4) is 0 Å². The average molecular weight is 318 g/mol. The van der Waals surface area contributed by atoms with Gasteiger partial charge in [0.1, 0.15) is 0 Å². The molecule has 0 spiro atoms. The fourth-order valence-electron chi connectivity index (χ4n) is 1.25. The Labute approximate surface area is 126 Å². The normalized spacial score (nSPS) is 13.6. The minimum Gasteiger partial charge on any atom is -0.479 e. The number of rotatable bonds is 7. The molecule has 0 bridgehead atoms. The lowest BCUT2D eigenvalue weighted by atomic mass is 10.1. The molecular formula is C13H16ClNO4S. The Morgan fingerprint density at radius 3 is 2.65 bits per heavy atom. The van der Waals surface area contributed by atoms with E-state index >= 15 is 0 Å². The molecule has 0 aliphatic rings. The summed E-state index contributed by atoms with van der Waals surface area (Å²) >= 11 is 7.42. The summed E-state index contributed by atoms with van der Waals surface area (Å²) in [7, 11) is 0. The van der Waals surface area contributed by atoms with Gasteiger partial charge in [-0.25, -0.2) is 4.79 Å². The fourth-order valence-corrected chi connectivity index (χ4v) is 2.44. The van der Waals surface area contributed by atoms with Gasteiger partial charge in [-0.15, -0.1) is 11.8 Å². The topological polar surface area (TPSA) is 86.6 Å². The van der Waals surface area contributed by atoms with E-state index in [0.29, 0.717) is 10.8 Å². The summed E-state index contributed by atoms with van der Waals surface area (Å²) in [5.41, 5.74) is -1.95. The highest BCUT2D eigenvalue weighted by atomic mass is 35.5. The van der Waals surface area contributed by atoms with E-state index < -0.39 is 11.6 Å². The number of amides is 1. The lowest BCUT2D eigenvalue weighted by Crippen LogP contribution is -2.46. The Hall–Kier alpha value is -1.24. The zero-order chi connectivity index (χ0) is 15.2. The molecule has 20 heavy (non-hydrogen) atoms. The second-order valence-corrected chi connectivity index (χ2v) is 5.93. The third-order valence-corrected chi connectivity index (χ3v) is 4.03. The predicted octanol–water partition coefficient (Wildman–Crippen LogP) is 1.77. The highest BCUT2D eigenvalue weighted by Gasteiger charge is 2.30. The van der Waals surface area contributed by atoms with Gasteiger partial charge >= 0.3 is 5.97 Å². The number of nitrogens with one attached hydrogen (secondary N) is 1. The first-order valence-electron chi connectivity index (χ1n) is 5.93. The number of halogens is 1. The van der Waals surface area contributed by atoms with E-state index in [1.54, 1.807) is 6.07 Å². The van der Waals surface area contributed by atoms with Crippen LogP contribution in [0.2, 0.25) is 5.02 Å². The van der Waals surface area contributed by atoms with E-state index in [9.17, 15) is 14.7 Å². The molecule has 0 aromatic heterocycles. The van der Waals surface area contributed by atoms with Gasteiger partial charge in [0.2, 0.25) is 5.91 Å². The van der Waals surface area contributed by atoms with Crippen LogP contribution < -0.4 is 5.32 Å². The number of thioether (sulfide) groups is 1. The van der Waals surface area contributed by atoms with Crippen molar-refractivity contribution in [3.63, 3.8) is 0 Å². The number of aliphatic hydroxyl groups is 1. The molecule has 0 saturated heterocycles. The highest BCUT2D eigenvalue weighted by Crippen LogP contribution is 2.26. The first kappa shape index (κ1) is 16.8. The van der Waals surface area contributed by atoms with Crippen LogP contribution in [-0.2, 0) is 9.59 Å². The van der Waals surface area contributed by atoms with Crippen molar-refractivity contribution in [2.75, 3.05) is 12.3 Å². The molecule has 1 aromatic rings. The van der Waals surface area contributed by atoms with Crippen LogP contribution in [0.15, 0.2) is 29.2 Å². The summed E-state index contributed by atoms with van der Waals surface area (Å²) in [6.07, 6.45) is 0.214. The van der Waals surface area contributed by atoms with Crippen molar-refractivity contribution < 1.29 is 19.8 Å². The summed E-state index contributed by atoms with van der Waals surface area (Å²) < 4.78 is 0. The monoisotopic (exact) mass is 317 g/mol. The van der Waals surface area contributed by atoms with Gasteiger partial charge in [-0.2, -0.15) is 0 Å². The van der Waals surface area contributed by atoms with Gasteiger partial charge < -0.3 is 15.5 Å². The molecule has 0 aliphatic heterocycles. The molecule has 1 aromatic carbocycles. The third-order valence-electron chi connectivity index (χ3n) is 2.51. The van der Waals surface area contributed by atoms with Gasteiger partial charge in [-0.1, -0.05) is 23.7 Å². The smallest absolute Gasteiger partial charge is 0.337 e. The Morgan fingerprint density at radius 1 is 1.40 bits per heavy atom. The van der Waals surface area contributed by atoms with E-state index in [1.807, 2.05) is 18.2 Å². The number of hydrogen-bond acceptors (Lipinski definition) is 4. The van der Waals surface area contributed by atoms with Crippen LogP contribution in [0, 0.1) is 0 Å². The lowest BCUT2D eigenvalue weighted by Gasteiger charge is -2.18. The summed E-state index contributed by atoms with van der Waals surface area (Å²) in [4.78, 5) is 23.1. The van der Waals surface area contributed by atoms with Crippen LogP contribution in [0.5, 0.6) is 0 Å². The summed E-state index contributed by atoms with van der Waals surface area (Å²) in [5.74, 6) is -1.17. The zero-order valence-electron chi connectivity index (χ0n) is 10.9. The molecule has 0 heterocycles. The Balaban J connectivity index is 2.31. The minimum atomic E-state index is -1.95. The van der Waals surface area contributed by atoms with Crippen molar-refractivity contribution in [3.8, 4) is 0 Å². The van der Waals surface area contributed by atoms with Crippen LogP contribution in [0.25, 0.3) is 0 Å². The zero-order valence-corrected chi connectivity index (χ0v) is 12.5. The summed E-state index contributed by atoms with van der Waals surface area (Å²) in [5, 5.41) is 21.2. The molecule has 3 N–H and O–H groups in total. The largest absolute Gasteiger partial charge is 0.479 e. The minimum absolute atomic E-state index is 0.214. The van der Waals surface area contributed by atoms with E-state index in [4.69, 9.17) is 16.7 Å². The number of aliphatic carboxylic acids is 1. The Morgan fingerprint density at radius 2 is 2.05 bits per heavy atom. The lowest BCUT2D eigenvalue weighted by molar-refractivity contribution is -0.156. The van der Waals surface area contributed by atoms with Gasteiger partial charge in [0.25, 0.3) is 0 Å². The van der Waals surface area contributed by atoms with Crippen molar-refractivity contribution in [1.82, 2.24) is 5.32 Å². The van der Waals surface area contributed by atoms with Gasteiger partial charge in [0.15, 0.2) is 5.60 Å². The summed E-state index contributed by atoms with van der Waals surface area (Å²) in [6, 6.07) is 7.32. The van der Waals surface area contributed by atoms with Crippen LogP contribution in [0.4, 0.5) is 0 Å². The van der Waals surface area contributed by atoms with E-state index in [2.05, 4.69) is 5.32 Å². The molecule has 0 aliphatic carbocycles. The number of carbonyl (C=O) groups excluding carboxylic acids is 1. The van der Waals surface area contributed by atoms with Crippen LogP contribution in [-0.4, -0.2) is 40.0 Å². The van der Waals surface area contributed by atoms with Crippen LogP contribution >= 0.6 is 23.4 Å². The number of carboxylic acids is 1. The second-order valence-electron chi connectivity index (χ2n) is 4.38. The maximum atomic E-state index is 11.5. The predicted molar refractivity (Wildman–Crippen MR) is 78.1 cm³/mol. The van der Waals surface area contributed by atoms with E-state index in [1.165, 1.54) is 11.8 Å². The second kappa shape index (κ2) is 7.52. The van der Waals surface area contributed by atoms with Gasteiger partial charge in [0, 0.05) is 17.1 Å². The van der Waals surface area contributed by atoms with Gasteiger partial charge in [0.05, 0.1) is 11.6 Å². The maximum absolute atomic E-state index is 11.5. The quantitative estimate of drug-likeness (QED) is 0.667. The number of carbonyl (C=O) groups is 2. The Kier molecular flexibility index (Phi) is 6.32. The SMILES string of the molecule is CC(O)(CNC(=O)CCSc1ccccc1Cl)C(=O)O. The number of hydrogen-bond donors (Lipinski definition) is 3. The molecule has 1 rings (SSSR count). The molecule has 0 saturated carbocycles. The highest BCUT2D eigenvalue weighted by molar-refractivity contribution is 7.99. The summed E-state index contributed by atoms with van der Waals surface area (Å²) in [6.45, 7) is 0.812. The molecule has 1 atom stereocenters. The van der Waals surface area contributed by atoms with Crippen molar-refractivity contribution in [2.45, 2.75) is 23.8 Å². The first-order valence-corrected chi connectivity index (χ1v) is 7.29. The van der Waals surface area contributed by atoms with Gasteiger partial charge in [-0.3, -0.25) is 4.79 Å². The van der Waals surface area contributed by atoms with Gasteiger partial charge in [-0.05, 0) is 19.1 Å². The molecule has 0 fully saturated rings. The molecule has 1 unspecified atom stereocenters. The molecular weight excluding hydrogens is 302 g/mol. The first-order chi connectivity index (χ1) is 9.33. The van der Waals surface area contributed by atoms with Crippen molar-refractivity contribution in [3.05, 3.63) is 29.3 Å². The van der Waals surface area contributed by atoms with Crippen molar-refractivity contribution >= 4 is 35.2 Å². The van der Waals surface area contributed by atoms with E-state index in [-0.39, 0.29) is 18.9 Å². The molecule has 5 nitrogen and oxygen atoms in total. The number of carboxylic acid groups (broad SMARTS) is 1. The number of benzene rings is 1. The Bertz CT molecular complexity index is 493. The van der Waals surface area contributed by atoms with Crippen molar-refractivity contribution in [2.24, 2.45) is 0 Å². The molecule has 110 valence electrons. The third kappa shape index (κ3) is 5.40. The molecule has 1 amide bonds. The average Bonchev–Trinajstić information content (AvgIpc) is 2.38. The maximum Gasteiger partial charge on any atom is 0.337 e. The fraction of sp³-hybridized carbons (Fsp3) is 0.385. The molecule has 0 radical (unpaired) electrons. The van der Waals surface area contributed by atoms with Crippen molar-refractivity contribution in [1.29, 1.82) is 0 Å². The van der Waals surface area contributed by atoms with E-state index in [0.717, 1.165) is 11.8 Å². The molecule has 7 heteroatoms. The van der Waals surface area contributed by atoms with Crippen LogP contribution in [0.1, 0.15) is 13.3 Å². The standard InChI is InChI=1S/C13H16ClNO4S/c1-13(19,12(17)18)8-15-11(16)6-7-20-10-5-3-2-4-9(10)14/h2-5,19H,6-8H2,1H3,(H,15,16)(H,17,18).